The number of benzene rings is 1. The van der Waals surface area contributed by atoms with Gasteiger partial charge in [0, 0.05) is 6.61 Å². The quantitative estimate of drug-likeness (QED) is 0.382. The largest absolute Gasteiger partial charge is 0.508 e. The van der Waals surface area contributed by atoms with Gasteiger partial charge in [0.15, 0.2) is 0 Å². The van der Waals surface area contributed by atoms with Crippen molar-refractivity contribution in [2.45, 2.75) is 106 Å². The average molecular weight is 531 g/mol. The van der Waals surface area contributed by atoms with Crippen LogP contribution in [0.2, 0.25) is 0 Å². The molecule has 2 nitrogen and oxygen atoms in total. The van der Waals surface area contributed by atoms with Crippen LogP contribution in [0.4, 0.5) is 0 Å². The van der Waals surface area contributed by atoms with Crippen molar-refractivity contribution < 1.29 is 10.2 Å². The zero-order chi connectivity index (χ0) is 28.2. The van der Waals surface area contributed by atoms with Gasteiger partial charge in [0.05, 0.1) is 0 Å². The van der Waals surface area contributed by atoms with Crippen molar-refractivity contribution in [3.8, 4) is 5.75 Å². The number of aryl methyl sites for hydroxylation is 1. The van der Waals surface area contributed by atoms with E-state index in [1.165, 1.54) is 73.6 Å². The second-order valence-electron chi connectivity index (χ2n) is 16.2. The number of allylic oxidation sites excluding steroid dienone is 3. The zero-order valence-corrected chi connectivity index (χ0v) is 25.9. The molecule has 6 rings (SSSR count). The Kier molecular flexibility index (Phi) is 6.18. The fourth-order valence-electron chi connectivity index (χ4n) is 12.6. The summed E-state index contributed by atoms with van der Waals surface area (Å²) in [6, 6.07) is 5.94. The number of phenolic OH excluding ortho intramolecular Hbond substituents is 1. The maximum absolute atomic E-state index is 10.8. The molecule has 0 spiro atoms. The van der Waals surface area contributed by atoms with E-state index in [1.807, 2.05) is 12.1 Å². The van der Waals surface area contributed by atoms with Crippen LogP contribution in [0.1, 0.15) is 110 Å². The van der Waals surface area contributed by atoms with Crippen molar-refractivity contribution in [2.75, 3.05) is 6.61 Å². The molecule has 0 aliphatic heterocycles. The molecule has 39 heavy (non-hydrogen) atoms. The first-order valence-electron chi connectivity index (χ1n) is 16.0. The van der Waals surface area contributed by atoms with E-state index in [1.54, 1.807) is 0 Å². The normalized spacial score (nSPS) is 46.4. The van der Waals surface area contributed by atoms with E-state index in [0.29, 0.717) is 52.3 Å². The molecule has 1 aromatic carbocycles. The number of aliphatic hydroxyl groups excluding tert-OH is 1. The van der Waals surface area contributed by atoms with Crippen LogP contribution in [0.15, 0.2) is 36.4 Å². The van der Waals surface area contributed by atoms with Crippen molar-refractivity contribution in [1.29, 1.82) is 0 Å². The topological polar surface area (TPSA) is 40.5 Å². The molecular weight excluding hydrogens is 476 g/mol. The van der Waals surface area contributed by atoms with Crippen LogP contribution in [0.3, 0.4) is 0 Å². The first kappa shape index (κ1) is 27.6. The molecule has 0 saturated heterocycles. The van der Waals surface area contributed by atoms with Crippen LogP contribution in [0, 0.1) is 63.6 Å². The molecule has 2 heteroatoms. The zero-order valence-electron chi connectivity index (χ0n) is 25.9. The monoisotopic (exact) mass is 530 g/mol. The van der Waals surface area contributed by atoms with Gasteiger partial charge in [-0.1, -0.05) is 58.9 Å². The molecule has 1 aromatic rings. The van der Waals surface area contributed by atoms with Gasteiger partial charge < -0.3 is 10.2 Å². The number of fused-ring (bicyclic) bond motifs is 7. The van der Waals surface area contributed by atoms with E-state index >= 15 is 0 Å². The highest BCUT2D eigenvalue weighted by atomic mass is 16.3. The first-order chi connectivity index (χ1) is 18.2. The van der Waals surface area contributed by atoms with Gasteiger partial charge in [-0.3, -0.25) is 0 Å². The summed E-state index contributed by atoms with van der Waals surface area (Å²) >= 11 is 0. The van der Waals surface area contributed by atoms with Gasteiger partial charge in [-0.05, 0) is 157 Å². The number of hydrogen-bond acceptors (Lipinski definition) is 2. The molecule has 0 amide bonds. The summed E-state index contributed by atoms with van der Waals surface area (Å²) in [5.74, 6) is 3.64. The molecule has 3 unspecified atom stereocenters. The predicted molar refractivity (Wildman–Crippen MR) is 162 cm³/mol. The first-order valence-corrected chi connectivity index (χ1v) is 16.0. The minimum absolute atomic E-state index is 0.100. The van der Waals surface area contributed by atoms with Gasteiger partial charge >= 0.3 is 0 Å². The molecule has 214 valence electrons. The highest BCUT2D eigenvalue weighted by molar-refractivity contribution is 5.74. The Labute approximate surface area is 238 Å². The fourth-order valence-corrected chi connectivity index (χ4v) is 12.6. The second kappa shape index (κ2) is 8.73. The Morgan fingerprint density at radius 1 is 0.923 bits per heavy atom. The molecule has 4 saturated carbocycles. The highest BCUT2D eigenvalue weighted by Gasteiger charge is 2.70. The minimum atomic E-state index is 0.100. The van der Waals surface area contributed by atoms with E-state index in [0.717, 1.165) is 12.3 Å². The summed E-state index contributed by atoms with van der Waals surface area (Å²) in [7, 11) is 0. The van der Waals surface area contributed by atoms with E-state index in [-0.39, 0.29) is 10.8 Å². The van der Waals surface area contributed by atoms with Crippen LogP contribution in [0.25, 0.3) is 5.57 Å². The van der Waals surface area contributed by atoms with Gasteiger partial charge in [-0.15, -0.1) is 0 Å². The lowest BCUT2D eigenvalue weighted by atomic mass is 9.32. The lowest BCUT2D eigenvalue weighted by Gasteiger charge is -2.72. The molecule has 2 N–H and O–H groups in total. The van der Waals surface area contributed by atoms with E-state index in [4.69, 9.17) is 0 Å². The summed E-state index contributed by atoms with van der Waals surface area (Å²) in [5.41, 5.74) is 6.55. The lowest BCUT2D eigenvalue weighted by molar-refractivity contribution is -0.228. The molecule has 0 aromatic heterocycles. The smallest absolute Gasteiger partial charge is 0.115 e. The number of aromatic hydroxyl groups is 1. The Morgan fingerprint density at radius 3 is 2.33 bits per heavy atom. The van der Waals surface area contributed by atoms with Crippen LogP contribution in [0.5, 0.6) is 5.75 Å². The van der Waals surface area contributed by atoms with Crippen molar-refractivity contribution in [3.05, 3.63) is 47.6 Å². The molecule has 5 aliphatic rings. The van der Waals surface area contributed by atoms with E-state index < -0.39 is 0 Å². The van der Waals surface area contributed by atoms with Crippen molar-refractivity contribution >= 4 is 5.57 Å². The van der Waals surface area contributed by atoms with Crippen molar-refractivity contribution in [2.24, 2.45) is 56.7 Å². The maximum Gasteiger partial charge on any atom is 0.115 e. The Bertz CT molecular complexity index is 1210. The second-order valence-corrected chi connectivity index (χ2v) is 16.2. The summed E-state index contributed by atoms with van der Waals surface area (Å²) < 4.78 is 0. The van der Waals surface area contributed by atoms with Gasteiger partial charge in [-0.2, -0.15) is 0 Å². The fraction of sp³-hybridized carbons (Fsp3) is 0.730. The molecule has 5 aliphatic carbocycles. The van der Waals surface area contributed by atoms with Crippen LogP contribution in [-0.2, 0) is 0 Å². The Hall–Kier alpha value is -1.54. The van der Waals surface area contributed by atoms with Crippen LogP contribution >= 0.6 is 0 Å². The third-order valence-electron chi connectivity index (χ3n) is 14.6. The van der Waals surface area contributed by atoms with Crippen molar-refractivity contribution in [1.82, 2.24) is 0 Å². The van der Waals surface area contributed by atoms with Gasteiger partial charge in [0.2, 0.25) is 0 Å². The van der Waals surface area contributed by atoms with Gasteiger partial charge in [0.25, 0.3) is 0 Å². The summed E-state index contributed by atoms with van der Waals surface area (Å²) in [6.07, 6.45) is 13.9. The van der Waals surface area contributed by atoms with E-state index in [9.17, 15) is 10.2 Å². The molecule has 4 fully saturated rings. The van der Waals surface area contributed by atoms with Gasteiger partial charge in [0.1, 0.15) is 5.75 Å². The number of phenols is 1. The average Bonchev–Trinajstić information content (AvgIpc) is 3.26. The number of hydrogen-bond donors (Lipinski definition) is 2. The third-order valence-corrected chi connectivity index (χ3v) is 14.6. The summed E-state index contributed by atoms with van der Waals surface area (Å²) in [4.78, 5) is 0. The summed E-state index contributed by atoms with van der Waals surface area (Å²) in [6.45, 7) is 22.3. The Balaban J connectivity index is 1.39. The molecular formula is C37H54O2. The van der Waals surface area contributed by atoms with E-state index in [2.05, 4.69) is 67.2 Å². The van der Waals surface area contributed by atoms with Crippen molar-refractivity contribution in [3.63, 3.8) is 0 Å². The van der Waals surface area contributed by atoms with Crippen LogP contribution < -0.4 is 0 Å². The number of rotatable bonds is 3. The molecule has 0 heterocycles. The predicted octanol–water partition coefficient (Wildman–Crippen LogP) is 9.34. The summed E-state index contributed by atoms with van der Waals surface area (Å²) in [5, 5.41) is 20.8. The maximum atomic E-state index is 10.8. The standard InChI is InChI=1S/C37H54O2/c1-23(2)26-13-18-37(22-38)20-19-35(7)29(32(26)37)11-12-31-34(6)16-14-28(27-10-9-25(39)21-24(27)3)33(4,5)30(34)15-17-36(31,35)8/h9-10,14,21,26,29-32,38-39H,1,11-13,15-20,22H2,2-8H3/t26-,29+,30?,31?,32?,34-,35+,36+,37+/m0/s1. The Morgan fingerprint density at radius 2 is 1.67 bits per heavy atom. The molecule has 0 radical (unpaired) electrons. The van der Waals surface area contributed by atoms with Gasteiger partial charge in [-0.25, -0.2) is 0 Å². The minimum Gasteiger partial charge on any atom is -0.508 e. The van der Waals surface area contributed by atoms with Crippen LogP contribution in [-0.4, -0.2) is 16.8 Å². The molecule has 9 atom stereocenters. The highest BCUT2D eigenvalue weighted by Crippen LogP contribution is 2.77. The number of aliphatic hydroxyl groups is 1. The third kappa shape index (κ3) is 3.49. The lowest BCUT2D eigenvalue weighted by Crippen LogP contribution is -2.65. The molecule has 0 bridgehead atoms. The SMILES string of the molecule is C=C(C)[C@@H]1CC[C@]2(CO)CC[C@]3(C)[C@H](CCC4[C@@]5(C)CC=C(c6ccc(O)cc6C)C(C)(C)C5CC[C@]43C)C12.